The van der Waals surface area contributed by atoms with Crippen molar-refractivity contribution >= 4 is 6.41 Å². The van der Waals surface area contributed by atoms with Crippen LogP contribution in [0, 0.1) is 0 Å². The third-order valence-corrected chi connectivity index (χ3v) is 4.50. The molecule has 0 saturated carbocycles. The summed E-state index contributed by atoms with van der Waals surface area (Å²) in [5.74, 6) is 0. The van der Waals surface area contributed by atoms with E-state index in [-0.39, 0.29) is 0 Å². The first kappa shape index (κ1) is 34.7. The summed E-state index contributed by atoms with van der Waals surface area (Å²) >= 11 is 0. The minimum Gasteiger partial charge on any atom is -0.344 e. The summed E-state index contributed by atoms with van der Waals surface area (Å²) in [6.07, 6.45) is 22.2. The fourth-order valence-electron chi connectivity index (χ4n) is 2.52. The fourth-order valence-corrected chi connectivity index (χ4v) is 2.52. The van der Waals surface area contributed by atoms with E-state index in [0.29, 0.717) is 6.54 Å². The summed E-state index contributed by atoms with van der Waals surface area (Å²) in [4.78, 5) is 12.0. The fraction of sp³-hybridized carbons (Fsp3) is 0.621. The molecule has 3 heteroatoms. The first-order valence-electron chi connectivity index (χ1n) is 12.4. The lowest BCUT2D eigenvalue weighted by Gasteiger charge is -2.10. The molecule has 0 aliphatic carbocycles. The number of hydrogen-bond acceptors (Lipinski definition) is 2. The van der Waals surface area contributed by atoms with Crippen LogP contribution < -0.4 is 5.32 Å². The van der Waals surface area contributed by atoms with Crippen LogP contribution in [0.3, 0.4) is 0 Å². The van der Waals surface area contributed by atoms with Crippen LogP contribution in [0.2, 0.25) is 0 Å². The van der Waals surface area contributed by atoms with Gasteiger partial charge in [0.05, 0.1) is 0 Å². The molecule has 0 aromatic carbocycles. The molecule has 32 heavy (non-hydrogen) atoms. The molecule has 1 amide bonds. The molecule has 0 atom stereocenters. The Balaban J connectivity index is -0.000000441. The molecule has 0 bridgehead atoms. The lowest BCUT2D eigenvalue weighted by Crippen LogP contribution is -2.17. The van der Waals surface area contributed by atoms with E-state index in [4.69, 9.17) is 0 Å². The number of amides is 1. The highest BCUT2D eigenvalue weighted by atomic mass is 16.1. The zero-order chi connectivity index (χ0) is 25.0. The standard InChI is InChI=1S/C13H19NO.C11H25N.C5H10/c1-5-7-13(8-6-2)9-12(3)10-14(4)11-15;1-3-5-7-8-9-11-12-10-6-4-2;1-4-5(2)3/h5-9,11H,1,10H2,2-4H3;12H,3-11H2,1-2H3;4H,1-3H3/b8-6-,12-9+,13-7+;;. The summed E-state index contributed by atoms with van der Waals surface area (Å²) in [5.41, 5.74) is 3.60. The second-order valence-corrected chi connectivity index (χ2v) is 8.30. The molecular formula is C29H54N2O. The number of likely N-dealkylation sites (N-methyl/N-ethyl adjacent to an activating group) is 1. The van der Waals surface area contributed by atoms with Crippen LogP contribution in [0.15, 0.2) is 59.8 Å². The van der Waals surface area contributed by atoms with Crippen LogP contribution in [-0.4, -0.2) is 38.0 Å². The summed E-state index contributed by atoms with van der Waals surface area (Å²) in [6, 6.07) is 0. The van der Waals surface area contributed by atoms with Crippen LogP contribution in [0.4, 0.5) is 0 Å². The highest BCUT2D eigenvalue weighted by molar-refractivity contribution is 5.47. The molecular weight excluding hydrogens is 392 g/mol. The Labute approximate surface area is 201 Å². The van der Waals surface area contributed by atoms with Gasteiger partial charge in [0, 0.05) is 13.6 Å². The summed E-state index contributed by atoms with van der Waals surface area (Å²) < 4.78 is 0. The number of hydrogen-bond donors (Lipinski definition) is 1. The minimum absolute atomic E-state index is 0.648. The van der Waals surface area contributed by atoms with Crippen molar-refractivity contribution in [2.24, 2.45) is 0 Å². The molecule has 0 rings (SSSR count). The van der Waals surface area contributed by atoms with E-state index in [0.717, 1.165) is 17.6 Å². The molecule has 0 fully saturated rings. The monoisotopic (exact) mass is 446 g/mol. The number of unbranched alkanes of at least 4 members (excludes halogenated alkanes) is 5. The Morgan fingerprint density at radius 1 is 0.938 bits per heavy atom. The SMILES string of the molecule is C=C/C=C(\C=C/C)/C=C(\C)CN(C)C=O.CC=C(C)C.CCCCCCCNCCCC. The average molecular weight is 447 g/mol. The molecule has 3 nitrogen and oxygen atoms in total. The van der Waals surface area contributed by atoms with Crippen molar-refractivity contribution in [3.05, 3.63) is 59.8 Å². The molecule has 0 radical (unpaired) electrons. The molecule has 0 aromatic rings. The Hall–Kier alpha value is -1.87. The lowest BCUT2D eigenvalue weighted by molar-refractivity contribution is -0.116. The number of carbonyl (C=O) groups is 1. The molecule has 0 aromatic heterocycles. The first-order chi connectivity index (χ1) is 15.3. The third kappa shape index (κ3) is 32.8. The third-order valence-electron chi connectivity index (χ3n) is 4.50. The molecule has 186 valence electrons. The van der Waals surface area contributed by atoms with Crippen LogP contribution in [0.5, 0.6) is 0 Å². The van der Waals surface area contributed by atoms with Crippen molar-refractivity contribution in [2.75, 3.05) is 26.7 Å². The van der Waals surface area contributed by atoms with Gasteiger partial charge in [0.1, 0.15) is 0 Å². The van der Waals surface area contributed by atoms with E-state index >= 15 is 0 Å². The molecule has 0 heterocycles. The van der Waals surface area contributed by atoms with Crippen molar-refractivity contribution in [3.63, 3.8) is 0 Å². The number of nitrogens with one attached hydrogen (secondary N) is 1. The zero-order valence-electron chi connectivity index (χ0n) is 22.7. The predicted octanol–water partition coefficient (Wildman–Crippen LogP) is 8.03. The molecule has 0 aliphatic heterocycles. The number of carbonyl (C=O) groups excluding carboxylic acids is 1. The second-order valence-electron chi connectivity index (χ2n) is 8.30. The van der Waals surface area contributed by atoms with Crippen molar-refractivity contribution in [1.29, 1.82) is 0 Å². The molecule has 0 spiro atoms. The van der Waals surface area contributed by atoms with E-state index in [1.165, 1.54) is 63.6 Å². The largest absolute Gasteiger partial charge is 0.344 e. The second kappa shape index (κ2) is 29.1. The highest BCUT2D eigenvalue weighted by Crippen LogP contribution is 2.05. The first-order valence-corrected chi connectivity index (χ1v) is 12.4. The van der Waals surface area contributed by atoms with Gasteiger partial charge < -0.3 is 10.2 Å². The Bertz CT molecular complexity index is 527. The van der Waals surface area contributed by atoms with Gasteiger partial charge in [0.2, 0.25) is 6.41 Å². The van der Waals surface area contributed by atoms with Gasteiger partial charge in [0.15, 0.2) is 0 Å². The van der Waals surface area contributed by atoms with Crippen LogP contribution in [0.25, 0.3) is 0 Å². The quantitative estimate of drug-likeness (QED) is 0.119. The van der Waals surface area contributed by atoms with Gasteiger partial charge in [0.25, 0.3) is 0 Å². The van der Waals surface area contributed by atoms with E-state index in [2.05, 4.69) is 45.7 Å². The number of allylic oxidation sites excluding steroid dienone is 8. The van der Waals surface area contributed by atoms with E-state index in [1.807, 2.05) is 45.1 Å². The van der Waals surface area contributed by atoms with Gasteiger partial charge in [-0.05, 0) is 66.1 Å². The van der Waals surface area contributed by atoms with Gasteiger partial charge in [-0.15, -0.1) is 0 Å². The average Bonchev–Trinajstić information content (AvgIpc) is 2.76. The molecule has 0 aliphatic rings. The molecule has 0 unspecified atom stereocenters. The van der Waals surface area contributed by atoms with E-state index in [9.17, 15) is 4.79 Å². The smallest absolute Gasteiger partial charge is 0.209 e. The van der Waals surface area contributed by atoms with Crippen LogP contribution in [-0.2, 0) is 4.79 Å². The maximum Gasteiger partial charge on any atom is 0.209 e. The van der Waals surface area contributed by atoms with Crippen LogP contribution in [0.1, 0.15) is 93.4 Å². The van der Waals surface area contributed by atoms with Gasteiger partial charge in [-0.3, -0.25) is 4.79 Å². The maximum absolute atomic E-state index is 10.4. The van der Waals surface area contributed by atoms with Gasteiger partial charge in [-0.2, -0.15) is 0 Å². The van der Waals surface area contributed by atoms with Crippen molar-refractivity contribution in [3.8, 4) is 0 Å². The maximum atomic E-state index is 10.4. The van der Waals surface area contributed by atoms with Gasteiger partial charge in [-0.1, -0.05) is 100 Å². The van der Waals surface area contributed by atoms with Crippen LogP contribution >= 0.6 is 0 Å². The number of rotatable bonds is 15. The molecule has 0 saturated heterocycles. The minimum atomic E-state index is 0.648. The van der Waals surface area contributed by atoms with Crippen molar-refractivity contribution < 1.29 is 4.79 Å². The number of nitrogens with zero attached hydrogens (tertiary/aromatic N) is 1. The van der Waals surface area contributed by atoms with E-state index in [1.54, 1.807) is 18.0 Å². The zero-order valence-corrected chi connectivity index (χ0v) is 22.7. The predicted molar refractivity (Wildman–Crippen MR) is 147 cm³/mol. The lowest BCUT2D eigenvalue weighted by atomic mass is 10.1. The molecule has 1 N–H and O–H groups in total. The Kier molecular flexibility index (Phi) is 31.6. The normalized spacial score (nSPS) is 11.1. The van der Waals surface area contributed by atoms with Crippen molar-refractivity contribution in [1.82, 2.24) is 10.2 Å². The van der Waals surface area contributed by atoms with Gasteiger partial charge in [-0.25, -0.2) is 0 Å². The highest BCUT2D eigenvalue weighted by Gasteiger charge is 1.95. The topological polar surface area (TPSA) is 32.3 Å². The van der Waals surface area contributed by atoms with E-state index < -0.39 is 0 Å². The Morgan fingerprint density at radius 2 is 1.50 bits per heavy atom. The summed E-state index contributed by atoms with van der Waals surface area (Å²) in [6.45, 7) is 21.4. The summed E-state index contributed by atoms with van der Waals surface area (Å²) in [7, 11) is 1.76. The van der Waals surface area contributed by atoms with Crippen molar-refractivity contribution in [2.45, 2.75) is 93.4 Å². The summed E-state index contributed by atoms with van der Waals surface area (Å²) in [5, 5.41) is 3.46. The Morgan fingerprint density at radius 3 is 1.97 bits per heavy atom. The van der Waals surface area contributed by atoms with Gasteiger partial charge >= 0.3 is 0 Å².